The van der Waals surface area contributed by atoms with Crippen molar-refractivity contribution in [3.63, 3.8) is 0 Å². The third-order valence-corrected chi connectivity index (χ3v) is 2.41. The number of benzene rings is 2. The van der Waals surface area contributed by atoms with Crippen molar-refractivity contribution in [1.29, 1.82) is 0 Å². The predicted molar refractivity (Wildman–Crippen MR) is 66.9 cm³/mol. The second-order valence-electron chi connectivity index (χ2n) is 3.41. The van der Waals surface area contributed by atoms with Gasteiger partial charge >= 0.3 is 0 Å². The number of hydrogen-bond donors (Lipinski definition) is 1. The van der Waals surface area contributed by atoms with E-state index in [1.807, 2.05) is 6.07 Å². The van der Waals surface area contributed by atoms with E-state index in [0.717, 1.165) is 0 Å². The Hall–Kier alpha value is -2.05. The Morgan fingerprint density at radius 3 is 2.44 bits per heavy atom. The molecule has 0 saturated heterocycles. The second kappa shape index (κ2) is 5.52. The molecule has 2 N–H and O–H groups in total. The number of rotatable bonds is 4. The highest BCUT2D eigenvalue weighted by Crippen LogP contribution is 2.33. The van der Waals surface area contributed by atoms with E-state index in [9.17, 15) is 8.76 Å². The lowest BCUT2D eigenvalue weighted by Crippen LogP contribution is -2.00. The van der Waals surface area contributed by atoms with Crippen LogP contribution in [0.4, 0.5) is 5.69 Å². The van der Waals surface area contributed by atoms with Crippen LogP contribution in [0.15, 0.2) is 48.5 Å². The van der Waals surface area contributed by atoms with Crippen LogP contribution >= 0.6 is 0 Å². The molecular weight excluding hydrogens is 254 g/mol. The molecule has 18 heavy (non-hydrogen) atoms. The summed E-state index contributed by atoms with van der Waals surface area (Å²) in [5.41, 5.74) is 5.95. The minimum Gasteiger partial charge on any atom is -0.740 e. The molecule has 0 aromatic heterocycles. The lowest BCUT2D eigenvalue weighted by Gasteiger charge is -2.13. The second-order valence-corrected chi connectivity index (χ2v) is 3.98. The smallest absolute Gasteiger partial charge is 0.183 e. The van der Waals surface area contributed by atoms with E-state index < -0.39 is 11.4 Å². The van der Waals surface area contributed by atoms with Crippen molar-refractivity contribution in [2.24, 2.45) is 0 Å². The molecule has 0 aliphatic rings. The minimum absolute atomic E-state index is 0.0483. The van der Waals surface area contributed by atoms with Crippen molar-refractivity contribution < 1.29 is 17.7 Å². The monoisotopic (exact) mass is 264 g/mol. The number of ether oxygens (including phenoxy) is 1. The zero-order valence-corrected chi connectivity index (χ0v) is 10.1. The number of anilines is 1. The predicted octanol–water partition coefficient (Wildman–Crippen LogP) is 2.23. The van der Waals surface area contributed by atoms with Crippen molar-refractivity contribution in [3.8, 4) is 17.2 Å². The maximum Gasteiger partial charge on any atom is 0.183 e. The van der Waals surface area contributed by atoms with Gasteiger partial charge in [-0.1, -0.05) is 18.2 Å². The normalized spacial score (nSPS) is 11.8. The Morgan fingerprint density at radius 1 is 1.06 bits per heavy atom. The molecule has 1 atom stereocenters. The van der Waals surface area contributed by atoms with Crippen molar-refractivity contribution in [2.45, 2.75) is 0 Å². The first-order valence-corrected chi connectivity index (χ1v) is 6.05. The van der Waals surface area contributed by atoms with E-state index in [-0.39, 0.29) is 11.5 Å². The van der Waals surface area contributed by atoms with Crippen molar-refractivity contribution in [1.82, 2.24) is 0 Å². The molecule has 94 valence electrons. The Kier molecular flexibility index (Phi) is 3.81. The minimum atomic E-state index is -2.68. The number of nitrogen functional groups attached to an aromatic ring is 1. The molecule has 0 heterocycles. The van der Waals surface area contributed by atoms with Crippen LogP contribution in [-0.2, 0) is 11.4 Å². The fourth-order valence-electron chi connectivity index (χ4n) is 1.36. The van der Waals surface area contributed by atoms with Gasteiger partial charge in [0.15, 0.2) is 11.5 Å². The van der Waals surface area contributed by atoms with Gasteiger partial charge in [-0.05, 0) is 24.3 Å². The first-order valence-electron chi connectivity index (χ1n) is 5.05. The summed E-state index contributed by atoms with van der Waals surface area (Å²) < 4.78 is 31.3. The zero-order chi connectivity index (χ0) is 13.0. The maximum atomic E-state index is 10.6. The third-order valence-electron chi connectivity index (χ3n) is 2.10. The van der Waals surface area contributed by atoms with Gasteiger partial charge in [0.25, 0.3) is 0 Å². The van der Waals surface area contributed by atoms with Crippen LogP contribution in [0.5, 0.6) is 17.2 Å². The molecule has 0 amide bonds. The molecule has 0 radical (unpaired) electrons. The zero-order valence-electron chi connectivity index (χ0n) is 9.24. The van der Waals surface area contributed by atoms with Gasteiger partial charge in [0.1, 0.15) is 17.1 Å². The molecule has 0 aliphatic carbocycles. The van der Waals surface area contributed by atoms with E-state index in [1.54, 1.807) is 36.4 Å². The molecule has 0 saturated carbocycles. The highest BCUT2D eigenvalue weighted by molar-refractivity contribution is 7.74. The van der Waals surface area contributed by atoms with E-state index >= 15 is 0 Å². The SMILES string of the molecule is Nc1ccc(Oc2ccccc2)c(OS(=O)[O-])c1. The highest BCUT2D eigenvalue weighted by atomic mass is 32.2. The molecule has 6 heteroatoms. The van der Waals surface area contributed by atoms with Crippen molar-refractivity contribution in [2.75, 3.05) is 5.73 Å². The van der Waals surface area contributed by atoms with Gasteiger partial charge in [-0.3, -0.25) is 0 Å². The van der Waals surface area contributed by atoms with Crippen LogP contribution in [0.1, 0.15) is 0 Å². The van der Waals surface area contributed by atoms with E-state index in [1.165, 1.54) is 6.07 Å². The van der Waals surface area contributed by atoms with Crippen LogP contribution in [0, 0.1) is 0 Å². The lowest BCUT2D eigenvalue weighted by atomic mass is 10.3. The van der Waals surface area contributed by atoms with E-state index in [4.69, 9.17) is 10.5 Å². The van der Waals surface area contributed by atoms with E-state index in [0.29, 0.717) is 11.4 Å². The fourth-order valence-corrected chi connectivity index (χ4v) is 1.64. The first-order chi connectivity index (χ1) is 8.65. The molecule has 1 unspecified atom stereocenters. The summed E-state index contributed by atoms with van der Waals surface area (Å²) in [6.45, 7) is 0. The Balaban J connectivity index is 2.29. The van der Waals surface area contributed by atoms with Gasteiger partial charge in [0, 0.05) is 11.8 Å². The standard InChI is InChI=1S/C12H11NO4S/c13-9-6-7-11(12(8-9)17-18(14)15)16-10-4-2-1-3-5-10/h1-8H,13H2,(H,14,15)/p-1. The van der Waals surface area contributed by atoms with Crippen LogP contribution in [0.25, 0.3) is 0 Å². The van der Waals surface area contributed by atoms with Gasteiger partial charge in [-0.15, -0.1) is 0 Å². The molecule has 0 fully saturated rings. The molecule has 2 aromatic rings. The summed E-state index contributed by atoms with van der Waals surface area (Å²) in [6.07, 6.45) is 0. The van der Waals surface area contributed by atoms with Gasteiger partial charge in [-0.2, -0.15) is 0 Å². The Morgan fingerprint density at radius 2 is 1.78 bits per heavy atom. The topological polar surface area (TPSA) is 84.6 Å². The molecule has 0 spiro atoms. The molecule has 2 aromatic carbocycles. The average Bonchev–Trinajstić information content (AvgIpc) is 2.33. The van der Waals surface area contributed by atoms with E-state index in [2.05, 4.69) is 4.18 Å². The number of hydrogen-bond acceptors (Lipinski definition) is 5. The average molecular weight is 264 g/mol. The molecule has 0 bridgehead atoms. The molecule has 0 aliphatic heterocycles. The largest absolute Gasteiger partial charge is 0.740 e. The van der Waals surface area contributed by atoms with Gasteiger partial charge in [0.05, 0.1) is 0 Å². The lowest BCUT2D eigenvalue weighted by molar-refractivity contribution is 0.414. The third kappa shape index (κ3) is 3.22. The fraction of sp³-hybridized carbons (Fsp3) is 0. The number of nitrogens with two attached hydrogens (primary N) is 1. The van der Waals surface area contributed by atoms with Gasteiger partial charge in [0.2, 0.25) is 0 Å². The van der Waals surface area contributed by atoms with Gasteiger partial charge in [-0.25, -0.2) is 4.21 Å². The first kappa shape index (κ1) is 12.4. The summed E-state index contributed by atoms with van der Waals surface area (Å²) in [7, 11) is 0. The van der Waals surface area contributed by atoms with Crippen LogP contribution < -0.4 is 14.7 Å². The van der Waals surface area contributed by atoms with Gasteiger partial charge < -0.3 is 19.2 Å². The summed E-state index contributed by atoms with van der Waals surface area (Å²) in [4.78, 5) is 0. The van der Waals surface area contributed by atoms with Crippen LogP contribution in [-0.4, -0.2) is 8.76 Å². The quantitative estimate of drug-likeness (QED) is 0.676. The van der Waals surface area contributed by atoms with Crippen LogP contribution in [0.3, 0.4) is 0 Å². The van der Waals surface area contributed by atoms with Crippen molar-refractivity contribution >= 4 is 17.0 Å². The Labute approximate surface area is 107 Å². The maximum absolute atomic E-state index is 10.6. The molecular formula is C12H10NO4S-. The summed E-state index contributed by atoms with van der Waals surface area (Å²) >= 11 is -2.68. The molecule has 5 nitrogen and oxygen atoms in total. The Bertz CT molecular complexity index is 559. The van der Waals surface area contributed by atoms with Crippen LogP contribution in [0.2, 0.25) is 0 Å². The summed E-state index contributed by atoms with van der Waals surface area (Å²) in [6, 6.07) is 13.5. The summed E-state index contributed by atoms with van der Waals surface area (Å²) in [5.74, 6) is 0.899. The summed E-state index contributed by atoms with van der Waals surface area (Å²) in [5, 5.41) is 0. The highest BCUT2D eigenvalue weighted by Gasteiger charge is 2.07. The number of para-hydroxylation sites is 1. The van der Waals surface area contributed by atoms with Crippen molar-refractivity contribution in [3.05, 3.63) is 48.5 Å². The molecule has 2 rings (SSSR count).